The van der Waals surface area contributed by atoms with Crippen molar-refractivity contribution in [3.8, 4) is 11.5 Å². The molecule has 0 amide bonds. The van der Waals surface area contributed by atoms with Crippen LogP contribution in [-0.2, 0) is 4.74 Å². The highest BCUT2D eigenvalue weighted by molar-refractivity contribution is 9.10. The fourth-order valence-electron chi connectivity index (χ4n) is 1.80. The molecular formula is C13H16BrN3O2. The van der Waals surface area contributed by atoms with Crippen LogP contribution in [-0.4, -0.2) is 17.3 Å². The molecule has 2 rings (SSSR count). The maximum Gasteiger partial charge on any atom is 0.260 e. The zero-order valence-electron chi connectivity index (χ0n) is 10.9. The van der Waals surface area contributed by atoms with Gasteiger partial charge >= 0.3 is 0 Å². The number of hydrogen-bond acceptors (Lipinski definition) is 5. The van der Waals surface area contributed by atoms with Crippen molar-refractivity contribution in [2.24, 2.45) is 0 Å². The first-order valence-electron chi connectivity index (χ1n) is 6.07. The van der Waals surface area contributed by atoms with Gasteiger partial charge in [0.25, 0.3) is 5.89 Å². The molecule has 0 spiro atoms. The first-order valence-corrected chi connectivity index (χ1v) is 6.86. The normalized spacial score (nSPS) is 12.6. The van der Waals surface area contributed by atoms with Gasteiger partial charge < -0.3 is 15.0 Å². The predicted molar refractivity (Wildman–Crippen MR) is 76.5 cm³/mol. The third-order valence-corrected chi connectivity index (χ3v) is 3.30. The summed E-state index contributed by atoms with van der Waals surface area (Å²) in [5, 5.41) is 3.97. The molecule has 2 aromatic rings. The van der Waals surface area contributed by atoms with Crippen LogP contribution in [0.1, 0.15) is 31.7 Å². The number of ether oxygens (including phenoxy) is 1. The Bertz CT molecular complexity index is 557. The molecule has 0 saturated carbocycles. The summed E-state index contributed by atoms with van der Waals surface area (Å²) < 4.78 is 11.5. The number of nitrogens with zero attached hydrogens (tertiary/aromatic N) is 2. The number of aromatic nitrogens is 2. The molecular weight excluding hydrogens is 310 g/mol. The molecule has 0 fully saturated rings. The highest BCUT2D eigenvalue weighted by atomic mass is 79.9. The molecule has 2 N–H and O–H groups in total. The van der Waals surface area contributed by atoms with Crippen LogP contribution < -0.4 is 5.73 Å². The number of nitrogens with two attached hydrogens (primary N) is 1. The third kappa shape index (κ3) is 3.13. The van der Waals surface area contributed by atoms with Crippen molar-refractivity contribution < 1.29 is 9.26 Å². The van der Waals surface area contributed by atoms with Crippen molar-refractivity contribution in [3.63, 3.8) is 0 Å². The van der Waals surface area contributed by atoms with Gasteiger partial charge in [-0.3, -0.25) is 0 Å². The van der Waals surface area contributed by atoms with Gasteiger partial charge in [-0.1, -0.05) is 34.4 Å². The SMILES string of the molecule is CCCC(OC)c1noc(-c2cc(Br)ccc2N)n1. The molecule has 0 aliphatic heterocycles. The summed E-state index contributed by atoms with van der Waals surface area (Å²) >= 11 is 3.40. The third-order valence-electron chi connectivity index (χ3n) is 2.81. The van der Waals surface area contributed by atoms with Gasteiger partial charge in [0.2, 0.25) is 5.82 Å². The van der Waals surface area contributed by atoms with Crippen LogP contribution in [0.15, 0.2) is 27.2 Å². The van der Waals surface area contributed by atoms with Gasteiger partial charge in [0.05, 0.1) is 5.56 Å². The smallest absolute Gasteiger partial charge is 0.260 e. The second-order valence-electron chi connectivity index (χ2n) is 4.20. The fourth-order valence-corrected chi connectivity index (χ4v) is 2.16. The first-order chi connectivity index (χ1) is 9.15. The quantitative estimate of drug-likeness (QED) is 0.850. The number of hydrogen-bond donors (Lipinski definition) is 1. The lowest BCUT2D eigenvalue weighted by molar-refractivity contribution is 0.0854. The Hall–Kier alpha value is -1.40. The summed E-state index contributed by atoms with van der Waals surface area (Å²) in [4.78, 5) is 4.37. The maximum atomic E-state index is 5.92. The summed E-state index contributed by atoms with van der Waals surface area (Å²) in [6.07, 6.45) is 1.70. The van der Waals surface area contributed by atoms with E-state index in [9.17, 15) is 0 Å². The van der Waals surface area contributed by atoms with Crippen LogP contribution in [0.3, 0.4) is 0 Å². The van der Waals surface area contributed by atoms with Crippen molar-refractivity contribution >= 4 is 21.6 Å². The average Bonchev–Trinajstić information content (AvgIpc) is 2.88. The summed E-state index contributed by atoms with van der Waals surface area (Å²) in [7, 11) is 1.64. The summed E-state index contributed by atoms with van der Waals surface area (Å²) in [6, 6.07) is 5.52. The maximum absolute atomic E-state index is 5.92. The molecule has 0 radical (unpaired) electrons. The second-order valence-corrected chi connectivity index (χ2v) is 5.12. The number of nitrogen functional groups attached to an aromatic ring is 1. The Labute approximate surface area is 120 Å². The molecule has 19 heavy (non-hydrogen) atoms. The van der Waals surface area contributed by atoms with E-state index in [-0.39, 0.29) is 6.10 Å². The summed E-state index contributed by atoms with van der Waals surface area (Å²) in [6.45, 7) is 2.08. The van der Waals surface area contributed by atoms with Crippen LogP contribution in [0.2, 0.25) is 0 Å². The van der Waals surface area contributed by atoms with E-state index >= 15 is 0 Å². The lowest BCUT2D eigenvalue weighted by atomic mass is 10.2. The molecule has 1 aromatic carbocycles. The number of halogens is 1. The van der Waals surface area contributed by atoms with Crippen LogP contribution in [0.25, 0.3) is 11.5 Å². The summed E-state index contributed by atoms with van der Waals surface area (Å²) in [5.74, 6) is 0.964. The Morgan fingerprint density at radius 2 is 2.26 bits per heavy atom. The minimum Gasteiger partial charge on any atom is -0.398 e. The Kier molecular flexibility index (Phi) is 4.55. The van der Waals surface area contributed by atoms with E-state index in [0.717, 1.165) is 22.9 Å². The van der Waals surface area contributed by atoms with Gasteiger partial charge in [0.15, 0.2) is 0 Å². The van der Waals surface area contributed by atoms with Gasteiger partial charge in [0, 0.05) is 17.3 Å². The van der Waals surface area contributed by atoms with E-state index in [1.807, 2.05) is 12.1 Å². The van der Waals surface area contributed by atoms with E-state index in [1.54, 1.807) is 13.2 Å². The molecule has 0 aliphatic rings. The lowest BCUT2D eigenvalue weighted by Crippen LogP contribution is -2.03. The number of methoxy groups -OCH3 is 1. The first kappa shape index (κ1) is 14.0. The summed E-state index contributed by atoms with van der Waals surface area (Å²) in [5.41, 5.74) is 7.24. The van der Waals surface area contributed by atoms with Gasteiger partial charge in [-0.15, -0.1) is 0 Å². The zero-order chi connectivity index (χ0) is 13.8. The van der Waals surface area contributed by atoms with Crippen LogP contribution in [0, 0.1) is 0 Å². The van der Waals surface area contributed by atoms with Gasteiger partial charge in [-0.25, -0.2) is 0 Å². The van der Waals surface area contributed by atoms with Crippen LogP contribution >= 0.6 is 15.9 Å². The molecule has 1 unspecified atom stereocenters. The Morgan fingerprint density at radius 1 is 1.47 bits per heavy atom. The molecule has 0 bridgehead atoms. The van der Waals surface area contributed by atoms with Crippen molar-refractivity contribution in [3.05, 3.63) is 28.5 Å². The predicted octanol–water partition coefficient (Wildman–Crippen LogP) is 3.57. The topological polar surface area (TPSA) is 74.2 Å². The fraction of sp³-hybridized carbons (Fsp3) is 0.385. The monoisotopic (exact) mass is 325 g/mol. The number of benzene rings is 1. The van der Waals surface area contributed by atoms with Crippen molar-refractivity contribution in [2.45, 2.75) is 25.9 Å². The molecule has 0 saturated heterocycles. The molecule has 1 atom stereocenters. The van der Waals surface area contributed by atoms with Crippen molar-refractivity contribution in [1.29, 1.82) is 0 Å². The van der Waals surface area contributed by atoms with Gasteiger partial charge in [0.1, 0.15) is 6.10 Å². The van der Waals surface area contributed by atoms with E-state index in [4.69, 9.17) is 15.0 Å². The number of rotatable bonds is 5. The molecule has 0 aliphatic carbocycles. The standard InChI is InChI=1S/C13H16BrN3O2/c1-3-4-11(18-2)12-16-13(19-17-12)9-7-8(14)5-6-10(9)15/h5-7,11H,3-4,15H2,1-2H3. The lowest BCUT2D eigenvalue weighted by Gasteiger charge is -2.08. The number of anilines is 1. The Balaban J connectivity index is 2.32. The molecule has 6 heteroatoms. The molecule has 102 valence electrons. The van der Waals surface area contributed by atoms with Crippen molar-refractivity contribution in [2.75, 3.05) is 12.8 Å². The zero-order valence-corrected chi connectivity index (χ0v) is 12.5. The minimum absolute atomic E-state index is 0.143. The minimum atomic E-state index is -0.143. The van der Waals surface area contributed by atoms with Crippen molar-refractivity contribution in [1.82, 2.24) is 10.1 Å². The van der Waals surface area contributed by atoms with Crippen LogP contribution in [0.4, 0.5) is 5.69 Å². The van der Waals surface area contributed by atoms with E-state index < -0.39 is 0 Å². The highest BCUT2D eigenvalue weighted by Gasteiger charge is 2.19. The van der Waals surface area contributed by atoms with E-state index in [0.29, 0.717) is 17.4 Å². The van der Waals surface area contributed by atoms with Gasteiger partial charge in [-0.05, 0) is 24.6 Å². The largest absolute Gasteiger partial charge is 0.398 e. The second kappa shape index (κ2) is 6.16. The average molecular weight is 326 g/mol. The van der Waals surface area contributed by atoms with Crippen LogP contribution in [0.5, 0.6) is 0 Å². The molecule has 1 aromatic heterocycles. The molecule has 1 heterocycles. The highest BCUT2D eigenvalue weighted by Crippen LogP contribution is 2.29. The van der Waals surface area contributed by atoms with Gasteiger partial charge in [-0.2, -0.15) is 4.98 Å². The molecule has 5 nitrogen and oxygen atoms in total. The van der Waals surface area contributed by atoms with E-state index in [1.165, 1.54) is 0 Å². The van der Waals surface area contributed by atoms with E-state index in [2.05, 4.69) is 33.0 Å². The Morgan fingerprint density at radius 3 is 2.95 bits per heavy atom.